The molecule has 2 aromatic rings. The third kappa shape index (κ3) is 3.99. The fourth-order valence-electron chi connectivity index (χ4n) is 3.22. The van der Waals surface area contributed by atoms with E-state index >= 15 is 0 Å². The summed E-state index contributed by atoms with van der Waals surface area (Å²) in [5.74, 6) is 0.973. The molecule has 0 saturated heterocycles. The van der Waals surface area contributed by atoms with E-state index in [0.29, 0.717) is 23.9 Å². The number of ether oxygens (including phenoxy) is 1. The van der Waals surface area contributed by atoms with Crippen LogP contribution in [0, 0.1) is 5.92 Å². The van der Waals surface area contributed by atoms with Gasteiger partial charge in [-0.1, -0.05) is 18.2 Å². The summed E-state index contributed by atoms with van der Waals surface area (Å²) in [6.07, 6.45) is 11.5. The number of carbonyl (C=O) groups is 1. The van der Waals surface area contributed by atoms with Crippen molar-refractivity contribution in [2.75, 3.05) is 18.5 Å². The minimum absolute atomic E-state index is 0.0511. The Morgan fingerprint density at radius 3 is 3.14 bits per heavy atom. The van der Waals surface area contributed by atoms with Crippen LogP contribution in [0.1, 0.15) is 19.3 Å². The van der Waals surface area contributed by atoms with Gasteiger partial charge in [0.25, 0.3) is 5.91 Å². The first-order valence-electron chi connectivity index (χ1n) is 9.33. The third-order valence-corrected chi connectivity index (χ3v) is 5.51. The topological polar surface area (TPSA) is 68.0 Å². The molecule has 1 N–H and O–H groups in total. The normalized spacial score (nSPS) is 19.4. The summed E-state index contributed by atoms with van der Waals surface area (Å²) in [6.45, 7) is 4.34. The molecule has 1 aromatic heterocycles. The van der Waals surface area contributed by atoms with Crippen LogP contribution in [0.2, 0.25) is 0 Å². The zero-order valence-electron chi connectivity index (χ0n) is 15.5. The molecule has 0 saturated carbocycles. The van der Waals surface area contributed by atoms with Crippen molar-refractivity contribution in [2.45, 2.75) is 19.3 Å². The van der Waals surface area contributed by atoms with Gasteiger partial charge in [-0.2, -0.15) is 5.10 Å². The average Bonchev–Trinajstić information content (AvgIpc) is 3.13. The summed E-state index contributed by atoms with van der Waals surface area (Å²) in [7, 11) is 0. The Kier molecular flexibility index (Phi) is 5.53. The second-order valence-corrected chi connectivity index (χ2v) is 7.54. The number of hydrogen-bond acceptors (Lipinski definition) is 5. The molecule has 1 unspecified atom stereocenters. The molecule has 1 amide bonds. The van der Waals surface area contributed by atoms with Crippen molar-refractivity contribution in [1.82, 2.24) is 4.68 Å². The highest BCUT2D eigenvalue weighted by Crippen LogP contribution is 2.33. The summed E-state index contributed by atoms with van der Waals surface area (Å²) >= 11 is 1.54. The van der Waals surface area contributed by atoms with Crippen molar-refractivity contribution in [3.05, 3.63) is 53.2 Å². The molecule has 4 rings (SSSR count). The Bertz CT molecular complexity index is 1020. The first kappa shape index (κ1) is 18.4. The second-order valence-electron chi connectivity index (χ2n) is 6.70. The average molecular weight is 395 g/mol. The molecule has 7 heteroatoms. The lowest BCUT2D eigenvalue weighted by atomic mass is 9.96. The van der Waals surface area contributed by atoms with Gasteiger partial charge >= 0.3 is 0 Å². The molecule has 6 nitrogen and oxygen atoms in total. The molecular weight excluding hydrogens is 372 g/mol. The maximum absolute atomic E-state index is 11.6. The Hall–Kier alpha value is -2.93. The van der Waals surface area contributed by atoms with Crippen LogP contribution in [0.5, 0.6) is 5.75 Å². The van der Waals surface area contributed by atoms with Crippen molar-refractivity contribution >= 4 is 29.1 Å². The number of allylic oxidation sites excluding steroid dienone is 2. The first-order valence-corrected chi connectivity index (χ1v) is 10.2. The Balaban J connectivity index is 1.72. The lowest BCUT2D eigenvalue weighted by Gasteiger charge is -2.18. The van der Waals surface area contributed by atoms with E-state index in [0.717, 1.165) is 35.3 Å². The fourth-order valence-corrected chi connectivity index (χ4v) is 4.06. The van der Waals surface area contributed by atoms with E-state index in [4.69, 9.17) is 9.84 Å². The predicted molar refractivity (Wildman–Crippen MR) is 113 cm³/mol. The SMILES string of the molecule is C=CCN=c1scc(-c2ccc3c(c2)NC(=O)CO3)n1N=CC1CC=CCC1. The van der Waals surface area contributed by atoms with Gasteiger partial charge in [-0.05, 0) is 43.4 Å². The molecule has 28 heavy (non-hydrogen) atoms. The molecule has 0 fully saturated rings. The van der Waals surface area contributed by atoms with E-state index in [-0.39, 0.29) is 12.5 Å². The van der Waals surface area contributed by atoms with Gasteiger partial charge in [-0.3, -0.25) is 9.79 Å². The van der Waals surface area contributed by atoms with Gasteiger partial charge < -0.3 is 10.1 Å². The molecule has 2 heterocycles. The number of benzene rings is 1. The van der Waals surface area contributed by atoms with Gasteiger partial charge in [-0.25, -0.2) is 4.68 Å². The molecule has 1 aromatic carbocycles. The summed E-state index contributed by atoms with van der Waals surface area (Å²) in [6, 6.07) is 5.77. The van der Waals surface area contributed by atoms with Crippen molar-refractivity contribution in [3.63, 3.8) is 0 Å². The zero-order valence-corrected chi connectivity index (χ0v) is 16.3. The Morgan fingerprint density at radius 2 is 2.32 bits per heavy atom. The van der Waals surface area contributed by atoms with Gasteiger partial charge in [0.15, 0.2) is 6.61 Å². The van der Waals surface area contributed by atoms with Crippen LogP contribution in [-0.4, -0.2) is 29.9 Å². The van der Waals surface area contributed by atoms with Crippen LogP contribution in [0.4, 0.5) is 5.69 Å². The van der Waals surface area contributed by atoms with Crippen LogP contribution < -0.4 is 14.9 Å². The molecule has 1 atom stereocenters. The quantitative estimate of drug-likeness (QED) is 0.619. The molecule has 1 aliphatic carbocycles. The molecule has 144 valence electrons. The summed E-state index contributed by atoms with van der Waals surface area (Å²) in [5.41, 5.74) is 2.55. The monoisotopic (exact) mass is 394 g/mol. The number of nitrogens with zero attached hydrogens (tertiary/aromatic N) is 3. The van der Waals surface area contributed by atoms with Crippen LogP contribution in [-0.2, 0) is 4.79 Å². The van der Waals surface area contributed by atoms with Crippen LogP contribution in [0.15, 0.2) is 58.5 Å². The summed E-state index contributed by atoms with van der Waals surface area (Å²) in [4.78, 5) is 17.0. The third-order valence-electron chi connectivity index (χ3n) is 4.65. The van der Waals surface area contributed by atoms with Crippen molar-refractivity contribution in [3.8, 4) is 17.0 Å². The molecular formula is C21H22N4O2S. The maximum Gasteiger partial charge on any atom is 0.262 e. The van der Waals surface area contributed by atoms with Gasteiger partial charge in [0.05, 0.1) is 17.9 Å². The number of rotatable bonds is 5. The highest BCUT2D eigenvalue weighted by molar-refractivity contribution is 7.07. The van der Waals surface area contributed by atoms with Crippen LogP contribution in [0.25, 0.3) is 11.3 Å². The number of aromatic nitrogens is 1. The van der Waals surface area contributed by atoms with E-state index in [1.165, 1.54) is 11.3 Å². The summed E-state index contributed by atoms with van der Waals surface area (Å²) in [5, 5.41) is 9.66. The smallest absolute Gasteiger partial charge is 0.262 e. The van der Waals surface area contributed by atoms with E-state index in [2.05, 4.69) is 29.0 Å². The fraction of sp³-hybridized carbons (Fsp3) is 0.286. The number of thiazole rings is 1. The maximum atomic E-state index is 11.6. The number of fused-ring (bicyclic) bond motifs is 1. The van der Waals surface area contributed by atoms with Crippen molar-refractivity contribution in [2.24, 2.45) is 16.0 Å². The Labute approximate surface area is 167 Å². The highest BCUT2D eigenvalue weighted by Gasteiger charge is 2.18. The predicted octanol–water partition coefficient (Wildman–Crippen LogP) is 3.82. The van der Waals surface area contributed by atoms with E-state index in [1.807, 2.05) is 34.5 Å². The minimum Gasteiger partial charge on any atom is -0.482 e. The minimum atomic E-state index is -0.145. The zero-order chi connectivity index (χ0) is 19.3. The molecule has 2 aliphatic rings. The van der Waals surface area contributed by atoms with E-state index < -0.39 is 0 Å². The number of carbonyl (C=O) groups excluding carboxylic acids is 1. The molecule has 0 bridgehead atoms. The molecule has 0 spiro atoms. The highest BCUT2D eigenvalue weighted by atomic mass is 32.1. The number of nitrogens with one attached hydrogen (secondary N) is 1. The van der Waals surface area contributed by atoms with Gasteiger partial charge in [0, 0.05) is 17.2 Å². The lowest BCUT2D eigenvalue weighted by Crippen LogP contribution is -2.25. The van der Waals surface area contributed by atoms with Crippen molar-refractivity contribution in [1.29, 1.82) is 0 Å². The van der Waals surface area contributed by atoms with Crippen molar-refractivity contribution < 1.29 is 9.53 Å². The largest absolute Gasteiger partial charge is 0.482 e. The summed E-state index contributed by atoms with van der Waals surface area (Å²) < 4.78 is 7.33. The van der Waals surface area contributed by atoms with Gasteiger partial charge in [-0.15, -0.1) is 17.9 Å². The number of anilines is 1. The number of hydrogen-bond donors (Lipinski definition) is 1. The van der Waals surface area contributed by atoms with Crippen LogP contribution in [0.3, 0.4) is 0 Å². The van der Waals surface area contributed by atoms with E-state index in [1.54, 1.807) is 6.08 Å². The lowest BCUT2D eigenvalue weighted by molar-refractivity contribution is -0.118. The van der Waals surface area contributed by atoms with Gasteiger partial charge in [0.1, 0.15) is 5.75 Å². The molecule has 0 radical (unpaired) electrons. The standard InChI is InChI=1S/C21H22N4O2S/c1-2-10-22-21-25(23-12-15-6-4-3-5-7-15)18(14-28-21)16-8-9-19-17(11-16)24-20(26)13-27-19/h2-4,8-9,11-12,14-15H,1,5-7,10,13H2,(H,24,26). The van der Waals surface area contributed by atoms with Crippen LogP contribution >= 0.6 is 11.3 Å². The number of amides is 1. The second kappa shape index (κ2) is 8.39. The molecule has 1 aliphatic heterocycles. The Morgan fingerprint density at radius 1 is 1.39 bits per heavy atom. The van der Waals surface area contributed by atoms with Gasteiger partial charge in [0.2, 0.25) is 4.80 Å². The first-order chi connectivity index (χ1) is 13.7. The van der Waals surface area contributed by atoms with E-state index in [9.17, 15) is 4.79 Å².